The van der Waals surface area contributed by atoms with Gasteiger partial charge in [0.05, 0.1) is 6.04 Å². The molecule has 1 amide bonds. The predicted octanol–water partition coefficient (Wildman–Crippen LogP) is 1.67. The molecule has 3 N–H and O–H groups in total. The molecular weight excluding hydrogens is 254 g/mol. The van der Waals surface area contributed by atoms with E-state index in [1.165, 1.54) is 0 Å². The first-order chi connectivity index (χ1) is 8.95. The minimum absolute atomic E-state index is 0.134. The first-order valence-corrected chi connectivity index (χ1v) is 6.13. The van der Waals surface area contributed by atoms with Gasteiger partial charge < -0.3 is 15.7 Å². The van der Waals surface area contributed by atoms with E-state index in [0.29, 0.717) is 12.1 Å². The molecule has 1 aromatic carbocycles. The molecule has 6 heteroatoms. The summed E-state index contributed by atoms with van der Waals surface area (Å²) < 4.78 is 26.2. The van der Waals surface area contributed by atoms with Crippen molar-refractivity contribution in [3.05, 3.63) is 29.3 Å². The average molecular weight is 272 g/mol. The molecule has 0 saturated carbocycles. The van der Waals surface area contributed by atoms with Crippen molar-refractivity contribution in [2.45, 2.75) is 32.9 Å². The van der Waals surface area contributed by atoms with E-state index in [-0.39, 0.29) is 12.5 Å². The molecule has 1 aromatic rings. The zero-order valence-electron chi connectivity index (χ0n) is 11.0. The molecule has 1 rings (SSSR count). The van der Waals surface area contributed by atoms with Gasteiger partial charge in [0, 0.05) is 13.1 Å². The van der Waals surface area contributed by atoms with Crippen LogP contribution >= 0.6 is 0 Å². The van der Waals surface area contributed by atoms with Crippen LogP contribution in [-0.4, -0.2) is 23.6 Å². The highest BCUT2D eigenvalue weighted by molar-refractivity contribution is 5.81. The smallest absolute Gasteiger partial charge is 0.236 e. The summed E-state index contributed by atoms with van der Waals surface area (Å²) >= 11 is 0. The van der Waals surface area contributed by atoms with E-state index in [1.807, 2.05) is 6.92 Å². The lowest BCUT2D eigenvalue weighted by atomic mass is 10.2. The summed E-state index contributed by atoms with van der Waals surface area (Å²) in [5, 5.41) is 14.5. The maximum Gasteiger partial charge on any atom is 0.236 e. The third-order valence-corrected chi connectivity index (χ3v) is 2.63. The maximum absolute atomic E-state index is 13.1. The zero-order valence-corrected chi connectivity index (χ0v) is 11.0. The van der Waals surface area contributed by atoms with Gasteiger partial charge in [-0.2, -0.15) is 0 Å². The van der Waals surface area contributed by atoms with Crippen LogP contribution in [0, 0.1) is 11.6 Å². The van der Waals surface area contributed by atoms with Crippen molar-refractivity contribution < 1.29 is 18.7 Å². The Morgan fingerprint density at radius 2 is 1.95 bits per heavy atom. The number of carbonyl (C=O) groups excluding carboxylic acids is 1. The van der Waals surface area contributed by atoms with Crippen LogP contribution in [-0.2, 0) is 11.3 Å². The number of rotatable bonds is 6. The van der Waals surface area contributed by atoms with E-state index in [4.69, 9.17) is 5.11 Å². The number of benzene rings is 1. The van der Waals surface area contributed by atoms with Gasteiger partial charge in [-0.1, -0.05) is 6.92 Å². The first kappa shape index (κ1) is 15.4. The number of nitrogens with one attached hydrogen (secondary N) is 2. The van der Waals surface area contributed by atoms with Crippen LogP contribution in [0.3, 0.4) is 0 Å². The Hall–Kier alpha value is -1.69. The second kappa shape index (κ2) is 7.04. The molecule has 0 aliphatic heterocycles. The predicted molar refractivity (Wildman–Crippen MR) is 67.6 cm³/mol. The second-order valence-electron chi connectivity index (χ2n) is 4.30. The normalized spacial score (nSPS) is 12.2. The van der Waals surface area contributed by atoms with Crippen molar-refractivity contribution in [1.29, 1.82) is 0 Å². The molecule has 0 heterocycles. The Kier molecular flexibility index (Phi) is 5.69. The van der Waals surface area contributed by atoms with Crippen molar-refractivity contribution in [2.75, 3.05) is 6.54 Å². The van der Waals surface area contributed by atoms with E-state index in [0.717, 1.165) is 18.6 Å². The molecule has 0 radical (unpaired) electrons. The van der Waals surface area contributed by atoms with E-state index in [2.05, 4.69) is 10.6 Å². The number of hydrogen-bond donors (Lipinski definition) is 3. The molecule has 0 spiro atoms. The third-order valence-electron chi connectivity index (χ3n) is 2.63. The van der Waals surface area contributed by atoms with Crippen LogP contribution in [0.2, 0.25) is 0 Å². The monoisotopic (exact) mass is 272 g/mol. The lowest BCUT2D eigenvalue weighted by Crippen LogP contribution is -2.42. The van der Waals surface area contributed by atoms with Crippen molar-refractivity contribution in [2.24, 2.45) is 0 Å². The van der Waals surface area contributed by atoms with Gasteiger partial charge in [0.2, 0.25) is 5.91 Å². The number of carbonyl (C=O) groups is 1. The Labute approximate surface area is 110 Å². The summed E-state index contributed by atoms with van der Waals surface area (Å²) in [7, 11) is 0. The van der Waals surface area contributed by atoms with Crippen LogP contribution in [0.25, 0.3) is 0 Å². The molecule has 1 atom stereocenters. The summed E-state index contributed by atoms with van der Waals surface area (Å²) in [6.07, 6.45) is 0.840. The SMILES string of the molecule is CCCNC(=O)C(C)NCc1cc(F)c(O)c(F)c1. The van der Waals surface area contributed by atoms with Gasteiger partial charge in [-0.25, -0.2) is 8.78 Å². The van der Waals surface area contributed by atoms with Gasteiger partial charge >= 0.3 is 0 Å². The summed E-state index contributed by atoms with van der Waals surface area (Å²) in [5.41, 5.74) is 0.322. The number of hydrogen-bond acceptors (Lipinski definition) is 3. The van der Waals surface area contributed by atoms with Crippen molar-refractivity contribution in [3.8, 4) is 5.75 Å². The highest BCUT2D eigenvalue weighted by Gasteiger charge is 2.13. The quantitative estimate of drug-likeness (QED) is 0.738. The highest BCUT2D eigenvalue weighted by Crippen LogP contribution is 2.21. The third kappa shape index (κ3) is 4.48. The van der Waals surface area contributed by atoms with Gasteiger partial charge in [0.1, 0.15) is 0 Å². The average Bonchev–Trinajstić information content (AvgIpc) is 2.39. The Bertz CT molecular complexity index is 429. The standard InChI is InChI=1S/C13H18F2N2O2/c1-3-4-16-13(19)8(2)17-7-9-5-10(14)12(18)11(15)6-9/h5-6,8,17-18H,3-4,7H2,1-2H3,(H,16,19). The van der Waals surface area contributed by atoms with Crippen LogP contribution in [0.15, 0.2) is 12.1 Å². The number of phenols is 1. The van der Waals surface area contributed by atoms with Gasteiger partial charge in [-0.15, -0.1) is 0 Å². The van der Waals surface area contributed by atoms with Gasteiger partial charge in [-0.05, 0) is 31.0 Å². The van der Waals surface area contributed by atoms with Gasteiger partial charge in [-0.3, -0.25) is 4.79 Å². The van der Waals surface area contributed by atoms with E-state index >= 15 is 0 Å². The maximum atomic E-state index is 13.1. The summed E-state index contributed by atoms with van der Waals surface area (Å²) in [4.78, 5) is 11.5. The molecule has 0 aliphatic carbocycles. The number of aromatic hydroxyl groups is 1. The van der Waals surface area contributed by atoms with Gasteiger partial charge in [0.15, 0.2) is 17.4 Å². The second-order valence-corrected chi connectivity index (χ2v) is 4.30. The largest absolute Gasteiger partial charge is 0.503 e. The topological polar surface area (TPSA) is 61.4 Å². The molecule has 0 aromatic heterocycles. The van der Waals surface area contributed by atoms with Crippen LogP contribution < -0.4 is 10.6 Å². The molecule has 19 heavy (non-hydrogen) atoms. The summed E-state index contributed by atoms with van der Waals surface area (Å²) in [6.45, 7) is 4.33. The van der Waals surface area contributed by atoms with Crippen LogP contribution in [0.4, 0.5) is 8.78 Å². The molecule has 1 unspecified atom stereocenters. The molecule has 0 bridgehead atoms. The van der Waals surface area contributed by atoms with Crippen LogP contribution in [0.1, 0.15) is 25.8 Å². The fourth-order valence-electron chi connectivity index (χ4n) is 1.49. The number of phenolic OH excluding ortho intramolecular Hbond substituents is 1. The lowest BCUT2D eigenvalue weighted by molar-refractivity contribution is -0.122. The summed E-state index contributed by atoms with van der Waals surface area (Å²) in [5.74, 6) is -3.18. The molecule has 4 nitrogen and oxygen atoms in total. The van der Waals surface area contributed by atoms with Crippen molar-refractivity contribution >= 4 is 5.91 Å². The molecular formula is C13H18F2N2O2. The van der Waals surface area contributed by atoms with E-state index < -0.39 is 23.4 Å². The van der Waals surface area contributed by atoms with E-state index in [1.54, 1.807) is 6.92 Å². The fraction of sp³-hybridized carbons (Fsp3) is 0.462. The Morgan fingerprint density at radius 1 is 1.37 bits per heavy atom. The minimum Gasteiger partial charge on any atom is -0.503 e. The molecule has 0 aliphatic rings. The Balaban J connectivity index is 2.55. The number of amides is 1. The lowest BCUT2D eigenvalue weighted by Gasteiger charge is -2.14. The fourth-order valence-corrected chi connectivity index (χ4v) is 1.49. The van der Waals surface area contributed by atoms with Crippen LogP contribution in [0.5, 0.6) is 5.75 Å². The molecule has 0 fully saturated rings. The Morgan fingerprint density at radius 3 is 2.47 bits per heavy atom. The van der Waals surface area contributed by atoms with Crippen molar-refractivity contribution in [1.82, 2.24) is 10.6 Å². The summed E-state index contributed by atoms with van der Waals surface area (Å²) in [6, 6.07) is 1.59. The zero-order chi connectivity index (χ0) is 14.4. The minimum atomic E-state index is -1.01. The van der Waals surface area contributed by atoms with Gasteiger partial charge in [0.25, 0.3) is 0 Å². The first-order valence-electron chi connectivity index (χ1n) is 6.13. The number of halogens is 2. The van der Waals surface area contributed by atoms with Crippen molar-refractivity contribution in [3.63, 3.8) is 0 Å². The highest BCUT2D eigenvalue weighted by atomic mass is 19.1. The van der Waals surface area contributed by atoms with E-state index in [9.17, 15) is 13.6 Å². The molecule has 0 saturated heterocycles. The molecule has 106 valence electrons.